The van der Waals surface area contributed by atoms with E-state index >= 15 is 0 Å². The lowest BCUT2D eigenvalue weighted by atomic mass is 10.1. The fourth-order valence-electron chi connectivity index (χ4n) is 3.31. The summed E-state index contributed by atoms with van der Waals surface area (Å²) in [7, 11) is 1.56. The Morgan fingerprint density at radius 3 is 2.54 bits per heavy atom. The van der Waals surface area contributed by atoms with Gasteiger partial charge >= 0.3 is 5.97 Å². The van der Waals surface area contributed by atoms with E-state index in [9.17, 15) is 19.5 Å². The highest BCUT2D eigenvalue weighted by Gasteiger charge is 2.15. The fourth-order valence-corrected chi connectivity index (χ4v) is 4.11. The van der Waals surface area contributed by atoms with Crippen LogP contribution in [0.1, 0.15) is 15.9 Å². The number of carbonyl (C=O) groups is 2. The molecule has 10 heteroatoms. The van der Waals surface area contributed by atoms with Crippen LogP contribution in [0.2, 0.25) is 0 Å². The first kappa shape index (κ1) is 23.7. The summed E-state index contributed by atoms with van der Waals surface area (Å²) in [6.45, 7) is 0. The molecule has 0 bridgehead atoms. The second-order valence-electron chi connectivity index (χ2n) is 7.22. The minimum absolute atomic E-state index is 0.0706. The topological polar surface area (TPSA) is 123 Å². The minimum atomic E-state index is -1.09. The molecule has 0 aliphatic heterocycles. The average Bonchev–Trinajstić information content (AvgIpc) is 2.88. The van der Waals surface area contributed by atoms with E-state index in [2.05, 4.69) is 15.5 Å². The Morgan fingerprint density at radius 1 is 1.09 bits per heavy atom. The first-order chi connectivity index (χ1) is 17.0. The molecule has 4 rings (SSSR count). The van der Waals surface area contributed by atoms with Crippen LogP contribution in [0.3, 0.4) is 0 Å². The molecule has 35 heavy (non-hydrogen) atoms. The molecule has 0 saturated heterocycles. The molecule has 4 aromatic rings. The van der Waals surface area contributed by atoms with E-state index in [-0.39, 0.29) is 16.9 Å². The van der Waals surface area contributed by atoms with Crippen molar-refractivity contribution in [1.29, 1.82) is 0 Å². The molecule has 9 nitrogen and oxygen atoms in total. The zero-order valence-electron chi connectivity index (χ0n) is 18.5. The SMILES string of the molecule is COc1ccc(-n2c(SCC(=O)NN=Cc3ccccc3C(=O)O)nc3ccccc3c2=O)cc1. The summed E-state index contributed by atoms with van der Waals surface area (Å²) >= 11 is 1.08. The number of carboxylic acid groups (broad SMARTS) is 1. The zero-order valence-corrected chi connectivity index (χ0v) is 19.4. The van der Waals surface area contributed by atoms with Crippen LogP contribution in [0, 0.1) is 0 Å². The van der Waals surface area contributed by atoms with Crippen LogP contribution < -0.4 is 15.7 Å². The molecule has 0 fully saturated rings. The molecule has 0 spiro atoms. The van der Waals surface area contributed by atoms with E-state index in [1.807, 2.05) is 0 Å². The van der Waals surface area contributed by atoms with Crippen molar-refractivity contribution in [2.75, 3.05) is 12.9 Å². The van der Waals surface area contributed by atoms with Crippen molar-refractivity contribution in [1.82, 2.24) is 15.0 Å². The van der Waals surface area contributed by atoms with Gasteiger partial charge in [0.05, 0.1) is 41.2 Å². The van der Waals surface area contributed by atoms with E-state index in [1.54, 1.807) is 73.8 Å². The van der Waals surface area contributed by atoms with Crippen LogP contribution in [0.4, 0.5) is 0 Å². The predicted octanol–water partition coefficient (Wildman–Crippen LogP) is 3.33. The van der Waals surface area contributed by atoms with Crippen molar-refractivity contribution in [3.63, 3.8) is 0 Å². The molecule has 176 valence electrons. The Kier molecular flexibility index (Phi) is 7.22. The highest BCUT2D eigenvalue weighted by atomic mass is 32.2. The predicted molar refractivity (Wildman–Crippen MR) is 134 cm³/mol. The largest absolute Gasteiger partial charge is 0.497 e. The van der Waals surface area contributed by atoms with E-state index in [4.69, 9.17) is 4.74 Å². The molecule has 0 radical (unpaired) electrons. The average molecular weight is 489 g/mol. The molecule has 0 aliphatic carbocycles. The minimum Gasteiger partial charge on any atom is -0.497 e. The van der Waals surface area contributed by atoms with Gasteiger partial charge in [0.2, 0.25) is 0 Å². The third-order valence-electron chi connectivity index (χ3n) is 4.99. The molecule has 1 amide bonds. The van der Waals surface area contributed by atoms with Gasteiger partial charge in [-0.05, 0) is 42.5 Å². The number of para-hydroxylation sites is 1. The number of nitrogens with one attached hydrogen (secondary N) is 1. The first-order valence-corrected chi connectivity index (χ1v) is 11.4. The number of benzene rings is 3. The summed E-state index contributed by atoms with van der Waals surface area (Å²) in [5.74, 6) is -0.958. The lowest BCUT2D eigenvalue weighted by molar-refractivity contribution is -0.118. The number of methoxy groups -OCH3 is 1. The number of rotatable bonds is 8. The number of carbonyl (C=O) groups excluding carboxylic acids is 1. The highest BCUT2D eigenvalue weighted by Crippen LogP contribution is 2.22. The normalized spacial score (nSPS) is 11.0. The van der Waals surface area contributed by atoms with Gasteiger partial charge in [0.1, 0.15) is 5.75 Å². The van der Waals surface area contributed by atoms with Crippen molar-refractivity contribution >= 4 is 40.8 Å². The Balaban J connectivity index is 1.56. The summed E-state index contributed by atoms with van der Waals surface area (Å²) in [6, 6.07) is 20.3. The quantitative estimate of drug-likeness (QED) is 0.169. The molecular formula is C25H20N4O5S. The van der Waals surface area contributed by atoms with E-state index < -0.39 is 11.9 Å². The molecule has 2 N–H and O–H groups in total. The van der Waals surface area contributed by atoms with Crippen LogP contribution in [-0.2, 0) is 4.79 Å². The fraction of sp³-hybridized carbons (Fsp3) is 0.0800. The number of aromatic nitrogens is 2. The first-order valence-electron chi connectivity index (χ1n) is 10.4. The number of ether oxygens (including phenoxy) is 1. The maximum Gasteiger partial charge on any atom is 0.336 e. The number of hydrogen-bond donors (Lipinski definition) is 2. The van der Waals surface area contributed by atoms with Crippen LogP contribution >= 0.6 is 11.8 Å². The van der Waals surface area contributed by atoms with E-state index in [0.717, 1.165) is 11.8 Å². The molecule has 3 aromatic carbocycles. The van der Waals surface area contributed by atoms with Gasteiger partial charge in [-0.25, -0.2) is 15.2 Å². The number of thioether (sulfide) groups is 1. The van der Waals surface area contributed by atoms with Gasteiger partial charge in [-0.1, -0.05) is 42.1 Å². The summed E-state index contributed by atoms with van der Waals surface area (Å²) in [4.78, 5) is 41.6. The number of hydrazone groups is 1. The monoisotopic (exact) mass is 488 g/mol. The van der Waals surface area contributed by atoms with Crippen molar-refractivity contribution in [3.8, 4) is 11.4 Å². The molecule has 0 saturated carbocycles. The van der Waals surface area contributed by atoms with Crippen molar-refractivity contribution in [3.05, 3.63) is 94.3 Å². The molecule has 0 unspecified atom stereocenters. The van der Waals surface area contributed by atoms with Gasteiger partial charge in [-0.2, -0.15) is 5.10 Å². The number of fused-ring (bicyclic) bond motifs is 1. The standard InChI is InChI=1S/C25H20N4O5S/c1-34-18-12-10-17(11-13-18)29-23(31)20-8-4-5-9-21(20)27-25(29)35-15-22(30)28-26-14-16-6-2-3-7-19(16)24(32)33/h2-14H,15H2,1H3,(H,28,30)(H,32,33). The Labute approximate surface area is 204 Å². The second-order valence-corrected chi connectivity index (χ2v) is 8.17. The number of carboxylic acids is 1. The Morgan fingerprint density at radius 2 is 1.80 bits per heavy atom. The number of amides is 1. The number of aromatic carboxylic acids is 1. The van der Waals surface area contributed by atoms with Gasteiger partial charge in [0.15, 0.2) is 5.16 Å². The van der Waals surface area contributed by atoms with Gasteiger partial charge < -0.3 is 9.84 Å². The van der Waals surface area contributed by atoms with Crippen LogP contribution in [0.25, 0.3) is 16.6 Å². The lowest BCUT2D eigenvalue weighted by Crippen LogP contribution is -2.24. The molecule has 0 atom stereocenters. The van der Waals surface area contributed by atoms with Crippen LogP contribution in [-0.4, -0.2) is 45.6 Å². The van der Waals surface area contributed by atoms with Crippen molar-refractivity contribution in [2.45, 2.75) is 5.16 Å². The maximum absolute atomic E-state index is 13.3. The van der Waals surface area contributed by atoms with E-state index in [1.165, 1.54) is 16.8 Å². The lowest BCUT2D eigenvalue weighted by Gasteiger charge is -2.13. The molecule has 1 aromatic heterocycles. The third-order valence-corrected chi connectivity index (χ3v) is 5.93. The smallest absolute Gasteiger partial charge is 0.336 e. The van der Waals surface area contributed by atoms with Crippen LogP contribution in [0.5, 0.6) is 5.75 Å². The van der Waals surface area contributed by atoms with Crippen molar-refractivity contribution < 1.29 is 19.4 Å². The summed E-state index contributed by atoms with van der Waals surface area (Å²) in [5.41, 5.74) is 3.66. The number of nitrogens with zero attached hydrogens (tertiary/aromatic N) is 3. The number of hydrogen-bond acceptors (Lipinski definition) is 7. The Bertz CT molecular complexity index is 1480. The maximum atomic E-state index is 13.3. The van der Waals surface area contributed by atoms with Gasteiger partial charge in [-0.3, -0.25) is 14.2 Å². The summed E-state index contributed by atoms with van der Waals surface area (Å²) in [5, 5.41) is 13.9. The van der Waals surface area contributed by atoms with E-state index in [0.29, 0.717) is 33.1 Å². The van der Waals surface area contributed by atoms with Gasteiger partial charge in [-0.15, -0.1) is 0 Å². The molecule has 0 aliphatic rings. The molecular weight excluding hydrogens is 468 g/mol. The van der Waals surface area contributed by atoms with Gasteiger partial charge in [0.25, 0.3) is 11.5 Å². The van der Waals surface area contributed by atoms with Crippen LogP contribution in [0.15, 0.2) is 87.8 Å². The Hall–Kier alpha value is -4.44. The highest BCUT2D eigenvalue weighted by molar-refractivity contribution is 7.99. The third kappa shape index (κ3) is 5.39. The molecule has 1 heterocycles. The summed E-state index contributed by atoms with van der Waals surface area (Å²) < 4.78 is 6.65. The summed E-state index contributed by atoms with van der Waals surface area (Å²) in [6.07, 6.45) is 1.27. The second kappa shape index (κ2) is 10.7. The van der Waals surface area contributed by atoms with Gasteiger partial charge in [0, 0.05) is 5.56 Å². The van der Waals surface area contributed by atoms with Crippen molar-refractivity contribution in [2.24, 2.45) is 5.10 Å². The zero-order chi connectivity index (χ0) is 24.8.